The molecular formula is C19H24BF2N3. The highest BCUT2D eigenvalue weighted by Gasteiger charge is 2.24. The third-order valence-corrected chi connectivity index (χ3v) is 4.09. The first-order chi connectivity index (χ1) is 11.9. The smallest absolute Gasteiger partial charge is 0.388 e. The van der Waals surface area contributed by atoms with Gasteiger partial charge in [-0.25, -0.2) is 0 Å². The van der Waals surface area contributed by atoms with E-state index in [1.54, 1.807) is 25.3 Å². The predicted octanol–water partition coefficient (Wildman–Crippen LogP) is 4.77. The fourth-order valence-electron chi connectivity index (χ4n) is 2.74. The van der Waals surface area contributed by atoms with Crippen LogP contribution in [-0.2, 0) is 0 Å². The van der Waals surface area contributed by atoms with Crippen LogP contribution in [0.15, 0.2) is 59.4 Å². The van der Waals surface area contributed by atoms with Crippen LogP contribution >= 0.6 is 0 Å². The van der Waals surface area contributed by atoms with Crippen molar-refractivity contribution in [1.29, 1.82) is 0 Å². The molecule has 3 nitrogen and oxygen atoms in total. The molecule has 1 aliphatic heterocycles. The maximum absolute atomic E-state index is 13.4. The van der Waals surface area contributed by atoms with Gasteiger partial charge in [0.05, 0.1) is 5.70 Å². The Bertz CT molecular complexity index is 728. The summed E-state index contributed by atoms with van der Waals surface area (Å²) in [5.74, 6) is 0. The van der Waals surface area contributed by atoms with Crippen molar-refractivity contribution in [2.24, 2.45) is 4.99 Å². The second-order valence-electron chi connectivity index (χ2n) is 6.25. The number of halogens is 2. The molecule has 0 saturated carbocycles. The molecule has 6 heteroatoms. The van der Waals surface area contributed by atoms with Crippen molar-refractivity contribution in [3.05, 3.63) is 65.8 Å². The van der Waals surface area contributed by atoms with Gasteiger partial charge >= 0.3 is 7.40 Å². The first kappa shape index (κ1) is 19.0. The molecule has 0 aliphatic carbocycles. The average molecular weight is 343 g/mol. The summed E-state index contributed by atoms with van der Waals surface area (Å²) < 4.78 is 27.9. The van der Waals surface area contributed by atoms with Crippen LogP contribution < -0.4 is 5.32 Å². The highest BCUT2D eigenvalue weighted by atomic mass is 19.2. The highest BCUT2D eigenvalue weighted by Crippen LogP contribution is 2.28. The minimum absolute atomic E-state index is 0.514. The van der Waals surface area contributed by atoms with Crippen LogP contribution in [-0.4, -0.2) is 24.6 Å². The number of aliphatic imine (C=N–C) groups is 1. The van der Waals surface area contributed by atoms with Crippen molar-refractivity contribution >= 4 is 19.2 Å². The standard InChI is InChI=1S/C19H24BF2N3/c1-14(2)7-8-15(3)23-13-11-17(18-6-5-12-24-18)19-10-9-16(4)25(19)20(21)22/h5-6,9-10,12,23H,1,3,7-8,11,13H2,2,4H3/b18-17-. The van der Waals surface area contributed by atoms with Crippen LogP contribution in [0.25, 0.3) is 5.57 Å². The van der Waals surface area contributed by atoms with E-state index in [9.17, 15) is 8.63 Å². The van der Waals surface area contributed by atoms with Crippen LogP contribution in [0.5, 0.6) is 0 Å². The third-order valence-electron chi connectivity index (χ3n) is 4.09. The van der Waals surface area contributed by atoms with Gasteiger partial charge in [0.1, 0.15) is 0 Å². The van der Waals surface area contributed by atoms with Crippen molar-refractivity contribution in [1.82, 2.24) is 9.79 Å². The van der Waals surface area contributed by atoms with Crippen LogP contribution in [0.2, 0.25) is 0 Å². The Kier molecular flexibility index (Phi) is 6.56. The molecule has 0 atom stereocenters. The van der Waals surface area contributed by atoms with Gasteiger partial charge in [-0.3, -0.25) is 13.6 Å². The molecule has 1 N–H and O–H groups in total. The van der Waals surface area contributed by atoms with Gasteiger partial charge in [-0.2, -0.15) is 0 Å². The van der Waals surface area contributed by atoms with Crippen molar-refractivity contribution in [3.8, 4) is 0 Å². The van der Waals surface area contributed by atoms with Gasteiger partial charge in [0.2, 0.25) is 0 Å². The average Bonchev–Trinajstić information content (AvgIpc) is 3.19. The summed E-state index contributed by atoms with van der Waals surface area (Å²) in [6, 6.07) is 3.45. The molecule has 0 amide bonds. The van der Waals surface area contributed by atoms with E-state index in [4.69, 9.17) is 0 Å². The number of allylic oxidation sites excluding steroid dienone is 4. The monoisotopic (exact) mass is 343 g/mol. The number of nitrogens with one attached hydrogen (secondary N) is 1. The first-order valence-electron chi connectivity index (χ1n) is 8.36. The zero-order chi connectivity index (χ0) is 18.4. The molecule has 0 spiro atoms. The Morgan fingerprint density at radius 2 is 2.00 bits per heavy atom. The number of hydrogen-bond donors (Lipinski definition) is 1. The lowest BCUT2D eigenvalue weighted by Crippen LogP contribution is -2.19. The maximum Gasteiger partial charge on any atom is 0.677 e. The summed E-state index contributed by atoms with van der Waals surface area (Å²) in [6.07, 6.45) is 7.64. The zero-order valence-electron chi connectivity index (χ0n) is 14.9. The van der Waals surface area contributed by atoms with Crippen LogP contribution in [0.1, 0.15) is 37.6 Å². The summed E-state index contributed by atoms with van der Waals surface area (Å²) in [4.78, 5) is 4.30. The molecule has 0 fully saturated rings. The minimum atomic E-state index is -2.58. The van der Waals surface area contributed by atoms with Crippen molar-refractivity contribution in [3.63, 3.8) is 0 Å². The molecule has 0 radical (unpaired) electrons. The quantitative estimate of drug-likeness (QED) is 0.508. The first-order valence-corrected chi connectivity index (χ1v) is 8.36. The van der Waals surface area contributed by atoms with Crippen LogP contribution in [0.4, 0.5) is 8.63 Å². The van der Waals surface area contributed by atoms with E-state index in [1.165, 1.54) is 0 Å². The summed E-state index contributed by atoms with van der Waals surface area (Å²) in [5.41, 5.74) is 4.63. The molecule has 25 heavy (non-hydrogen) atoms. The predicted molar refractivity (Wildman–Crippen MR) is 103 cm³/mol. The molecule has 132 valence electrons. The molecule has 0 bridgehead atoms. The number of nitrogens with zero attached hydrogens (tertiary/aromatic N) is 2. The van der Waals surface area contributed by atoms with Crippen LogP contribution in [0.3, 0.4) is 0 Å². The topological polar surface area (TPSA) is 29.3 Å². The molecule has 1 aromatic heterocycles. The highest BCUT2D eigenvalue weighted by molar-refractivity contribution is 6.41. The van der Waals surface area contributed by atoms with Crippen LogP contribution in [0, 0.1) is 6.92 Å². The third kappa shape index (κ3) is 5.05. The van der Waals surface area contributed by atoms with Gasteiger partial charge in [0.25, 0.3) is 0 Å². The Hall–Kier alpha value is -2.37. The van der Waals surface area contributed by atoms with Gasteiger partial charge in [-0.15, -0.1) is 6.58 Å². The number of aromatic nitrogens is 1. The summed E-state index contributed by atoms with van der Waals surface area (Å²) in [7, 11) is -2.58. The van der Waals surface area contributed by atoms with Gasteiger partial charge in [-0.1, -0.05) is 12.2 Å². The van der Waals surface area contributed by atoms with E-state index in [0.717, 1.165) is 39.9 Å². The van der Waals surface area contributed by atoms with E-state index in [2.05, 4.69) is 23.5 Å². The second-order valence-corrected chi connectivity index (χ2v) is 6.25. The Morgan fingerprint density at radius 3 is 2.60 bits per heavy atom. The molecule has 0 saturated heterocycles. The SMILES string of the molecule is C=C(C)CCC(=C)NCC/C(=C1\C=CC=N1)c1ccc(C)n1B(F)F. The zero-order valence-corrected chi connectivity index (χ0v) is 14.9. The fourth-order valence-corrected chi connectivity index (χ4v) is 2.74. The molecule has 0 aromatic carbocycles. The van der Waals surface area contributed by atoms with Gasteiger partial charge in [0.15, 0.2) is 0 Å². The van der Waals surface area contributed by atoms with E-state index < -0.39 is 7.40 Å². The number of aryl methyl sites for hydroxylation is 1. The van der Waals surface area contributed by atoms with E-state index in [0.29, 0.717) is 24.4 Å². The Balaban J connectivity index is 2.13. The molecule has 2 rings (SSSR count). The largest absolute Gasteiger partial charge is 0.677 e. The lowest BCUT2D eigenvalue weighted by molar-refractivity contribution is 0.623. The molecule has 0 unspecified atom stereocenters. The summed E-state index contributed by atoms with van der Waals surface area (Å²) >= 11 is 0. The molecule has 2 heterocycles. The van der Waals surface area contributed by atoms with Crippen molar-refractivity contribution in [2.75, 3.05) is 6.54 Å². The van der Waals surface area contributed by atoms with Crippen molar-refractivity contribution < 1.29 is 8.63 Å². The Morgan fingerprint density at radius 1 is 1.24 bits per heavy atom. The fraction of sp³-hybridized carbons (Fsp3) is 0.316. The lowest BCUT2D eigenvalue weighted by Gasteiger charge is -2.15. The van der Waals surface area contributed by atoms with Gasteiger partial charge < -0.3 is 9.79 Å². The van der Waals surface area contributed by atoms with Gasteiger partial charge in [-0.05, 0) is 57.4 Å². The minimum Gasteiger partial charge on any atom is -0.388 e. The normalized spacial score (nSPS) is 14.7. The number of rotatable bonds is 9. The summed E-state index contributed by atoms with van der Waals surface area (Å²) in [6.45, 7) is 12.2. The van der Waals surface area contributed by atoms with E-state index in [-0.39, 0.29) is 0 Å². The number of hydrogen-bond acceptors (Lipinski definition) is 2. The van der Waals surface area contributed by atoms with Crippen molar-refractivity contribution in [2.45, 2.75) is 33.1 Å². The van der Waals surface area contributed by atoms with E-state index >= 15 is 0 Å². The second kappa shape index (κ2) is 8.65. The Labute approximate surface area is 148 Å². The van der Waals surface area contributed by atoms with Gasteiger partial charge in [0, 0.05) is 35.4 Å². The summed E-state index contributed by atoms with van der Waals surface area (Å²) in [5, 5.41) is 3.27. The molecule has 1 aromatic rings. The molecule has 1 aliphatic rings. The molecular weight excluding hydrogens is 319 g/mol. The van der Waals surface area contributed by atoms with E-state index in [1.807, 2.05) is 19.1 Å². The maximum atomic E-state index is 13.4. The lowest BCUT2D eigenvalue weighted by atomic mass is 10.0.